The summed E-state index contributed by atoms with van der Waals surface area (Å²) in [5.74, 6) is 0. The van der Waals surface area contributed by atoms with Crippen molar-refractivity contribution >= 4 is 0 Å². The van der Waals surface area contributed by atoms with Crippen molar-refractivity contribution in [2.45, 2.75) is 33.2 Å². The Hall–Kier alpha value is -0.790. The Balaban J connectivity index is 2.78. The van der Waals surface area contributed by atoms with Crippen LogP contribution in [0.2, 0.25) is 0 Å². The summed E-state index contributed by atoms with van der Waals surface area (Å²) in [6.45, 7) is 6.43. The zero-order valence-electron chi connectivity index (χ0n) is 6.83. The van der Waals surface area contributed by atoms with E-state index in [-0.39, 0.29) is 0 Å². The fourth-order valence-corrected chi connectivity index (χ4v) is 0.845. The molecule has 1 aromatic heterocycles. The highest BCUT2D eigenvalue weighted by Gasteiger charge is 1.97. The molecule has 0 aliphatic carbocycles. The molecule has 0 saturated heterocycles. The molecule has 2 nitrogen and oxygen atoms in total. The number of hydrogen-bond donors (Lipinski definition) is 0. The van der Waals surface area contributed by atoms with E-state index in [4.69, 9.17) is 0 Å². The zero-order valence-corrected chi connectivity index (χ0v) is 6.83. The van der Waals surface area contributed by atoms with Gasteiger partial charge in [0.2, 0.25) is 0 Å². The van der Waals surface area contributed by atoms with Crippen molar-refractivity contribution in [1.82, 2.24) is 9.55 Å². The van der Waals surface area contributed by atoms with Crippen molar-refractivity contribution in [3.63, 3.8) is 0 Å². The third-order valence-corrected chi connectivity index (χ3v) is 1.61. The lowest BCUT2D eigenvalue weighted by molar-refractivity contribution is 0.599. The summed E-state index contributed by atoms with van der Waals surface area (Å²) < 4.78 is 2.12. The van der Waals surface area contributed by atoms with Gasteiger partial charge in [-0.1, -0.05) is 6.92 Å². The molecule has 56 valence electrons. The topological polar surface area (TPSA) is 17.8 Å². The molecule has 0 aliphatic rings. The standard InChI is InChI=1S/C8H14N2/c1-4-8-5-10(6-9-8)7(2)3/h5-7H,4H2,1-3H3. The maximum Gasteiger partial charge on any atom is 0.0951 e. The molecule has 1 aromatic rings. The van der Waals surface area contributed by atoms with Crippen molar-refractivity contribution in [2.24, 2.45) is 0 Å². The molecule has 1 heterocycles. The maximum atomic E-state index is 4.22. The van der Waals surface area contributed by atoms with Crippen molar-refractivity contribution in [1.29, 1.82) is 0 Å². The van der Waals surface area contributed by atoms with E-state index in [1.807, 2.05) is 6.33 Å². The molecule has 10 heavy (non-hydrogen) atoms. The molecule has 0 unspecified atom stereocenters. The van der Waals surface area contributed by atoms with Crippen LogP contribution in [0.15, 0.2) is 12.5 Å². The van der Waals surface area contributed by atoms with Crippen molar-refractivity contribution in [3.8, 4) is 0 Å². The monoisotopic (exact) mass is 138 g/mol. The Kier molecular flexibility index (Phi) is 2.10. The van der Waals surface area contributed by atoms with Gasteiger partial charge in [0.15, 0.2) is 0 Å². The Bertz CT molecular complexity index is 201. The van der Waals surface area contributed by atoms with Crippen LogP contribution in [-0.2, 0) is 6.42 Å². The van der Waals surface area contributed by atoms with E-state index < -0.39 is 0 Å². The summed E-state index contributed by atoms with van der Waals surface area (Å²) in [5, 5.41) is 0. The van der Waals surface area contributed by atoms with Gasteiger partial charge in [-0.25, -0.2) is 4.98 Å². The number of nitrogens with zero attached hydrogens (tertiary/aromatic N) is 2. The minimum absolute atomic E-state index is 0.535. The van der Waals surface area contributed by atoms with Crippen LogP contribution in [0.5, 0.6) is 0 Å². The molecule has 0 spiro atoms. The molecule has 0 fully saturated rings. The highest BCUT2D eigenvalue weighted by Crippen LogP contribution is 2.04. The number of rotatable bonds is 2. The van der Waals surface area contributed by atoms with E-state index in [0.29, 0.717) is 6.04 Å². The zero-order chi connectivity index (χ0) is 7.56. The van der Waals surface area contributed by atoms with Crippen LogP contribution in [0.4, 0.5) is 0 Å². The Morgan fingerprint density at radius 1 is 1.60 bits per heavy atom. The number of aryl methyl sites for hydroxylation is 1. The van der Waals surface area contributed by atoms with Gasteiger partial charge in [0, 0.05) is 12.2 Å². The molecule has 1 rings (SSSR count). The van der Waals surface area contributed by atoms with Gasteiger partial charge in [-0.2, -0.15) is 0 Å². The first-order chi connectivity index (χ1) is 4.74. The molecule has 0 atom stereocenters. The number of imidazole rings is 1. The fraction of sp³-hybridized carbons (Fsp3) is 0.625. The van der Waals surface area contributed by atoms with E-state index in [0.717, 1.165) is 6.42 Å². The van der Waals surface area contributed by atoms with Crippen LogP contribution in [0.3, 0.4) is 0 Å². The SMILES string of the molecule is CCc1cn(C(C)C)cn1. The Morgan fingerprint density at radius 3 is 2.60 bits per heavy atom. The van der Waals surface area contributed by atoms with Gasteiger partial charge in [-0.05, 0) is 20.3 Å². The van der Waals surface area contributed by atoms with Gasteiger partial charge >= 0.3 is 0 Å². The Morgan fingerprint density at radius 2 is 2.30 bits per heavy atom. The van der Waals surface area contributed by atoms with Gasteiger partial charge in [-0.15, -0.1) is 0 Å². The van der Waals surface area contributed by atoms with Crippen LogP contribution >= 0.6 is 0 Å². The predicted molar refractivity (Wildman–Crippen MR) is 42.0 cm³/mol. The van der Waals surface area contributed by atoms with Crippen molar-refractivity contribution < 1.29 is 0 Å². The molecule has 2 heteroatoms. The van der Waals surface area contributed by atoms with Crippen LogP contribution in [0, 0.1) is 0 Å². The lowest BCUT2D eigenvalue weighted by Crippen LogP contribution is -1.95. The second-order valence-corrected chi connectivity index (χ2v) is 2.76. The lowest BCUT2D eigenvalue weighted by atomic mass is 10.3. The van der Waals surface area contributed by atoms with E-state index in [1.54, 1.807) is 0 Å². The van der Waals surface area contributed by atoms with Crippen molar-refractivity contribution in [3.05, 3.63) is 18.2 Å². The predicted octanol–water partition coefficient (Wildman–Crippen LogP) is 2.03. The normalized spacial score (nSPS) is 10.8. The van der Waals surface area contributed by atoms with Gasteiger partial charge < -0.3 is 4.57 Å². The second-order valence-electron chi connectivity index (χ2n) is 2.76. The largest absolute Gasteiger partial charge is 0.335 e. The van der Waals surface area contributed by atoms with Crippen LogP contribution in [0.25, 0.3) is 0 Å². The van der Waals surface area contributed by atoms with E-state index in [2.05, 4.69) is 36.5 Å². The molecular weight excluding hydrogens is 124 g/mol. The minimum Gasteiger partial charge on any atom is -0.335 e. The molecule has 0 radical (unpaired) electrons. The van der Waals surface area contributed by atoms with E-state index >= 15 is 0 Å². The smallest absolute Gasteiger partial charge is 0.0951 e. The molecule has 0 N–H and O–H groups in total. The van der Waals surface area contributed by atoms with Crippen LogP contribution in [-0.4, -0.2) is 9.55 Å². The first-order valence-electron chi connectivity index (χ1n) is 3.76. The summed E-state index contributed by atoms with van der Waals surface area (Å²) >= 11 is 0. The first kappa shape index (κ1) is 7.32. The van der Waals surface area contributed by atoms with Crippen LogP contribution < -0.4 is 0 Å². The molecule has 0 bridgehead atoms. The molecule has 0 aromatic carbocycles. The quantitative estimate of drug-likeness (QED) is 0.611. The average Bonchev–Trinajstić information content (AvgIpc) is 2.34. The summed E-state index contributed by atoms with van der Waals surface area (Å²) in [7, 11) is 0. The van der Waals surface area contributed by atoms with Gasteiger partial charge in [0.25, 0.3) is 0 Å². The lowest BCUT2D eigenvalue weighted by Gasteiger charge is -2.03. The third-order valence-electron chi connectivity index (χ3n) is 1.61. The summed E-state index contributed by atoms with van der Waals surface area (Å²) in [4.78, 5) is 4.22. The van der Waals surface area contributed by atoms with E-state index in [9.17, 15) is 0 Å². The first-order valence-corrected chi connectivity index (χ1v) is 3.76. The van der Waals surface area contributed by atoms with Gasteiger partial charge in [0.05, 0.1) is 12.0 Å². The summed E-state index contributed by atoms with van der Waals surface area (Å²) in [5.41, 5.74) is 1.17. The van der Waals surface area contributed by atoms with Crippen LogP contribution in [0.1, 0.15) is 32.5 Å². The molecule has 0 saturated carbocycles. The Labute approximate surface area is 61.9 Å². The molecule has 0 aliphatic heterocycles. The van der Waals surface area contributed by atoms with Gasteiger partial charge in [-0.3, -0.25) is 0 Å². The minimum atomic E-state index is 0.535. The van der Waals surface area contributed by atoms with Crippen molar-refractivity contribution in [2.75, 3.05) is 0 Å². The fourth-order valence-electron chi connectivity index (χ4n) is 0.845. The molecule has 0 amide bonds. The highest BCUT2D eigenvalue weighted by atomic mass is 15.0. The second kappa shape index (κ2) is 2.86. The summed E-state index contributed by atoms with van der Waals surface area (Å²) in [6, 6.07) is 0.535. The number of aromatic nitrogens is 2. The average molecular weight is 138 g/mol. The van der Waals surface area contributed by atoms with E-state index in [1.165, 1.54) is 5.69 Å². The third kappa shape index (κ3) is 1.38. The summed E-state index contributed by atoms with van der Waals surface area (Å²) in [6.07, 6.45) is 5.02. The number of hydrogen-bond acceptors (Lipinski definition) is 1. The maximum absolute atomic E-state index is 4.22. The molecular formula is C8H14N2. The van der Waals surface area contributed by atoms with Gasteiger partial charge in [0.1, 0.15) is 0 Å². The highest BCUT2D eigenvalue weighted by molar-refractivity contribution is 4.96.